The maximum absolute atomic E-state index is 6.07. The molecule has 0 unspecified atom stereocenters. The quantitative estimate of drug-likeness (QED) is 0.563. The molecule has 1 aliphatic heterocycles. The van der Waals surface area contributed by atoms with Crippen molar-refractivity contribution in [2.45, 2.75) is 52.2 Å². The molecule has 0 saturated carbocycles. The van der Waals surface area contributed by atoms with E-state index in [0.717, 1.165) is 5.92 Å². The van der Waals surface area contributed by atoms with Crippen LogP contribution in [0.25, 0.3) is 0 Å². The zero-order valence-electron chi connectivity index (χ0n) is 8.92. The largest absolute Gasteiger partial charge is 0.370 e. The molecular formula is C12H20O. The van der Waals surface area contributed by atoms with Gasteiger partial charge in [0.05, 0.1) is 12.2 Å². The van der Waals surface area contributed by atoms with Crippen LogP contribution in [-0.4, -0.2) is 12.2 Å². The lowest BCUT2D eigenvalue weighted by Crippen LogP contribution is -2.34. The minimum atomic E-state index is 0.446. The van der Waals surface area contributed by atoms with E-state index in [9.17, 15) is 0 Å². The molecular weight excluding hydrogens is 160 g/mol. The van der Waals surface area contributed by atoms with Crippen LogP contribution >= 0.6 is 0 Å². The van der Waals surface area contributed by atoms with Crippen LogP contribution in [0.5, 0.6) is 0 Å². The smallest absolute Gasteiger partial charge is 0.0793 e. The molecule has 0 amide bonds. The lowest BCUT2D eigenvalue weighted by Gasteiger charge is -2.34. The summed E-state index contributed by atoms with van der Waals surface area (Å²) in [6, 6.07) is 0. The van der Waals surface area contributed by atoms with Crippen LogP contribution in [0, 0.1) is 11.8 Å². The van der Waals surface area contributed by atoms with Gasteiger partial charge in [0, 0.05) is 0 Å². The number of hydrogen-bond acceptors (Lipinski definition) is 1. The van der Waals surface area contributed by atoms with Gasteiger partial charge in [-0.15, -0.1) is 0 Å². The summed E-state index contributed by atoms with van der Waals surface area (Å²) >= 11 is 0. The van der Waals surface area contributed by atoms with Crippen LogP contribution in [0.4, 0.5) is 0 Å². The molecule has 1 fully saturated rings. The van der Waals surface area contributed by atoms with Crippen LogP contribution in [0.1, 0.15) is 40.0 Å². The van der Waals surface area contributed by atoms with Gasteiger partial charge < -0.3 is 4.74 Å². The molecule has 74 valence electrons. The molecule has 1 nitrogen and oxygen atoms in total. The molecule has 0 aromatic carbocycles. The number of rotatable bonds is 1. The van der Waals surface area contributed by atoms with E-state index in [1.807, 2.05) is 0 Å². The van der Waals surface area contributed by atoms with Gasteiger partial charge in [-0.05, 0) is 38.0 Å². The van der Waals surface area contributed by atoms with E-state index in [1.54, 1.807) is 0 Å². The second kappa shape index (κ2) is 3.45. The van der Waals surface area contributed by atoms with Crippen molar-refractivity contribution < 1.29 is 4.74 Å². The Kier molecular flexibility index (Phi) is 2.46. The Hall–Kier alpha value is -0.300. The van der Waals surface area contributed by atoms with Crippen LogP contribution < -0.4 is 0 Å². The molecule has 1 heteroatoms. The normalized spacial score (nSPS) is 39.1. The molecule has 2 aliphatic rings. The third-order valence-corrected chi connectivity index (χ3v) is 3.40. The zero-order chi connectivity index (χ0) is 9.42. The fraction of sp³-hybridized carbons (Fsp3) is 0.833. The van der Waals surface area contributed by atoms with E-state index in [2.05, 4.69) is 26.8 Å². The number of fused-ring (bicyclic) bond motifs is 1. The Balaban J connectivity index is 1.99. The first-order valence-corrected chi connectivity index (χ1v) is 5.49. The molecule has 0 spiro atoms. The molecule has 0 N–H and O–H groups in total. The van der Waals surface area contributed by atoms with E-state index >= 15 is 0 Å². The highest BCUT2D eigenvalue weighted by molar-refractivity contribution is 5.14. The van der Waals surface area contributed by atoms with Gasteiger partial charge in [0.1, 0.15) is 0 Å². The molecule has 1 aliphatic carbocycles. The number of allylic oxidation sites excluding steroid dienone is 1. The van der Waals surface area contributed by atoms with Crippen LogP contribution in [0.2, 0.25) is 0 Å². The standard InChI is InChI=1S/C12H20O/c1-8(2)11-5-4-10-6-9(3)7-12(10)13-11/h7-8,10-12H,4-6H2,1-3H3/t10-,11-,12+/m1/s1. The second-order valence-electron chi connectivity index (χ2n) is 4.94. The summed E-state index contributed by atoms with van der Waals surface area (Å²) in [4.78, 5) is 0. The van der Waals surface area contributed by atoms with Crippen LogP contribution in [0.3, 0.4) is 0 Å². The van der Waals surface area contributed by atoms with Gasteiger partial charge in [-0.25, -0.2) is 0 Å². The first-order chi connectivity index (χ1) is 6.16. The SMILES string of the molecule is CC1=C[C@@H]2O[C@@H](C(C)C)CC[C@@H]2C1. The molecule has 0 aromatic rings. The monoisotopic (exact) mass is 180 g/mol. The molecule has 1 saturated heterocycles. The van der Waals surface area contributed by atoms with Crippen molar-refractivity contribution in [3.63, 3.8) is 0 Å². The molecule has 2 rings (SSSR count). The first-order valence-electron chi connectivity index (χ1n) is 5.49. The summed E-state index contributed by atoms with van der Waals surface area (Å²) in [5.74, 6) is 1.48. The summed E-state index contributed by atoms with van der Waals surface area (Å²) in [5, 5.41) is 0. The highest BCUT2D eigenvalue weighted by atomic mass is 16.5. The molecule has 1 heterocycles. The maximum Gasteiger partial charge on any atom is 0.0793 e. The van der Waals surface area contributed by atoms with Crippen molar-refractivity contribution in [2.75, 3.05) is 0 Å². The lowest BCUT2D eigenvalue weighted by molar-refractivity contribution is -0.0727. The summed E-state index contributed by atoms with van der Waals surface area (Å²) in [6.45, 7) is 6.75. The Morgan fingerprint density at radius 1 is 1.38 bits per heavy atom. The van der Waals surface area contributed by atoms with Crippen molar-refractivity contribution in [3.8, 4) is 0 Å². The highest BCUT2D eigenvalue weighted by Crippen LogP contribution is 2.37. The van der Waals surface area contributed by atoms with Gasteiger partial charge in [-0.2, -0.15) is 0 Å². The van der Waals surface area contributed by atoms with Gasteiger partial charge in [0.2, 0.25) is 0 Å². The highest BCUT2D eigenvalue weighted by Gasteiger charge is 2.34. The third-order valence-electron chi connectivity index (χ3n) is 3.40. The van der Waals surface area contributed by atoms with Crippen molar-refractivity contribution >= 4 is 0 Å². The van der Waals surface area contributed by atoms with Crippen LogP contribution in [0.15, 0.2) is 11.6 Å². The molecule has 0 aromatic heterocycles. The summed E-state index contributed by atoms with van der Waals surface area (Å²) in [6.07, 6.45) is 7.18. The zero-order valence-corrected chi connectivity index (χ0v) is 8.92. The maximum atomic E-state index is 6.07. The minimum Gasteiger partial charge on any atom is -0.370 e. The minimum absolute atomic E-state index is 0.446. The Morgan fingerprint density at radius 2 is 2.15 bits per heavy atom. The Morgan fingerprint density at radius 3 is 2.85 bits per heavy atom. The average Bonchev–Trinajstić information content (AvgIpc) is 2.42. The second-order valence-corrected chi connectivity index (χ2v) is 4.94. The van der Waals surface area contributed by atoms with E-state index in [-0.39, 0.29) is 0 Å². The van der Waals surface area contributed by atoms with Crippen molar-refractivity contribution in [2.24, 2.45) is 11.8 Å². The molecule has 13 heavy (non-hydrogen) atoms. The predicted molar refractivity (Wildman–Crippen MR) is 54.6 cm³/mol. The van der Waals surface area contributed by atoms with Gasteiger partial charge in [-0.1, -0.05) is 25.5 Å². The van der Waals surface area contributed by atoms with Gasteiger partial charge in [-0.3, -0.25) is 0 Å². The summed E-state index contributed by atoms with van der Waals surface area (Å²) < 4.78 is 6.07. The lowest BCUT2D eigenvalue weighted by atomic mass is 9.89. The third kappa shape index (κ3) is 1.80. The molecule has 0 bridgehead atoms. The summed E-state index contributed by atoms with van der Waals surface area (Å²) in [7, 11) is 0. The van der Waals surface area contributed by atoms with Crippen molar-refractivity contribution in [1.82, 2.24) is 0 Å². The van der Waals surface area contributed by atoms with Gasteiger partial charge >= 0.3 is 0 Å². The fourth-order valence-electron chi connectivity index (χ4n) is 2.57. The summed E-state index contributed by atoms with van der Waals surface area (Å²) in [5.41, 5.74) is 1.53. The van der Waals surface area contributed by atoms with E-state index in [0.29, 0.717) is 18.1 Å². The van der Waals surface area contributed by atoms with Gasteiger partial charge in [0.25, 0.3) is 0 Å². The first kappa shape index (κ1) is 9.26. The van der Waals surface area contributed by atoms with E-state index < -0.39 is 0 Å². The van der Waals surface area contributed by atoms with Crippen molar-refractivity contribution in [1.29, 1.82) is 0 Å². The number of hydrogen-bond donors (Lipinski definition) is 0. The van der Waals surface area contributed by atoms with E-state index in [1.165, 1.54) is 24.8 Å². The topological polar surface area (TPSA) is 9.23 Å². The fourth-order valence-corrected chi connectivity index (χ4v) is 2.57. The van der Waals surface area contributed by atoms with Crippen LogP contribution in [-0.2, 0) is 4.74 Å². The van der Waals surface area contributed by atoms with E-state index in [4.69, 9.17) is 4.74 Å². The Bertz CT molecular complexity index is 217. The number of ether oxygens (including phenoxy) is 1. The molecule has 0 radical (unpaired) electrons. The predicted octanol–water partition coefficient (Wildman–Crippen LogP) is 3.16. The average molecular weight is 180 g/mol. The molecule has 3 atom stereocenters. The Labute approximate surface area is 81.2 Å². The van der Waals surface area contributed by atoms with Crippen molar-refractivity contribution in [3.05, 3.63) is 11.6 Å². The van der Waals surface area contributed by atoms with Gasteiger partial charge in [0.15, 0.2) is 0 Å².